The average Bonchev–Trinajstić information content (AvgIpc) is 2.15. The van der Waals surface area contributed by atoms with E-state index in [-0.39, 0.29) is 6.54 Å². The zero-order chi connectivity index (χ0) is 12.1. The predicted molar refractivity (Wildman–Crippen MR) is 61.4 cm³/mol. The van der Waals surface area contributed by atoms with Gasteiger partial charge in [0.2, 0.25) is 0 Å². The maximum absolute atomic E-state index is 11.8. The molecule has 0 saturated carbocycles. The lowest BCUT2D eigenvalue weighted by Gasteiger charge is -2.14. The van der Waals surface area contributed by atoms with E-state index in [2.05, 4.69) is 31.0 Å². The first-order chi connectivity index (χ1) is 7.49. The van der Waals surface area contributed by atoms with E-state index < -0.39 is 12.7 Å². The summed E-state index contributed by atoms with van der Waals surface area (Å²) < 4.78 is 28.6. The van der Waals surface area contributed by atoms with Crippen LogP contribution in [0.25, 0.3) is 0 Å². The first kappa shape index (κ1) is 13.1. The summed E-state index contributed by atoms with van der Waals surface area (Å²) in [6, 6.07) is 1.63. The van der Waals surface area contributed by atoms with Crippen LogP contribution >= 0.6 is 15.9 Å². The fraction of sp³-hybridized carbons (Fsp3) is 0.444. The Bertz CT molecular complexity index is 352. The van der Waals surface area contributed by atoms with Gasteiger partial charge in [-0.05, 0) is 28.9 Å². The van der Waals surface area contributed by atoms with Crippen LogP contribution in [-0.2, 0) is 4.74 Å². The minimum atomic E-state index is -2.77. The highest BCUT2D eigenvalue weighted by Crippen LogP contribution is 2.20. The van der Waals surface area contributed by atoms with E-state index in [0.717, 1.165) is 0 Å². The number of hydrogen-bond donors (Lipinski definition) is 2. The summed E-state index contributed by atoms with van der Waals surface area (Å²) in [5, 5.41) is 2.88. The van der Waals surface area contributed by atoms with Crippen LogP contribution < -0.4 is 11.1 Å². The molecule has 1 heterocycles. The monoisotopic (exact) mass is 295 g/mol. The van der Waals surface area contributed by atoms with Gasteiger partial charge < -0.3 is 15.8 Å². The van der Waals surface area contributed by atoms with Crippen LogP contribution in [0.3, 0.4) is 0 Å². The minimum absolute atomic E-state index is 0.234. The first-order valence-corrected chi connectivity index (χ1v) is 5.37. The molecule has 0 saturated heterocycles. The van der Waals surface area contributed by atoms with E-state index in [1.54, 1.807) is 13.0 Å². The Morgan fingerprint density at radius 2 is 2.31 bits per heavy atom. The lowest BCUT2D eigenvalue weighted by molar-refractivity contribution is -0.153. The van der Waals surface area contributed by atoms with Crippen LogP contribution in [0.4, 0.5) is 20.2 Å². The number of ether oxygens (including phenoxy) is 1. The molecule has 0 radical (unpaired) electrons. The largest absolute Gasteiger partial charge is 0.397 e. The van der Waals surface area contributed by atoms with Crippen molar-refractivity contribution < 1.29 is 13.5 Å². The van der Waals surface area contributed by atoms with Gasteiger partial charge >= 0.3 is 6.61 Å². The molecule has 0 unspecified atom stereocenters. The smallest absolute Gasteiger partial charge is 0.345 e. The van der Waals surface area contributed by atoms with Crippen LogP contribution in [0.5, 0.6) is 0 Å². The Hall–Kier alpha value is -0.950. The van der Waals surface area contributed by atoms with Gasteiger partial charge in [0.25, 0.3) is 0 Å². The number of alkyl halides is 2. The van der Waals surface area contributed by atoms with Crippen molar-refractivity contribution in [3.63, 3.8) is 0 Å². The summed E-state index contributed by atoms with van der Waals surface area (Å²) in [7, 11) is 0. The summed E-state index contributed by atoms with van der Waals surface area (Å²) in [5.41, 5.74) is 6.77. The summed E-state index contributed by atoms with van der Waals surface area (Å²) >= 11 is 3.17. The van der Waals surface area contributed by atoms with Crippen molar-refractivity contribution in [2.24, 2.45) is 0 Å². The van der Waals surface area contributed by atoms with Crippen molar-refractivity contribution in [2.45, 2.75) is 19.6 Å². The zero-order valence-electron chi connectivity index (χ0n) is 8.58. The number of aromatic nitrogens is 1. The topological polar surface area (TPSA) is 60.2 Å². The number of rotatable bonds is 5. The maximum atomic E-state index is 11.8. The number of pyridine rings is 1. The molecule has 1 aromatic rings. The minimum Gasteiger partial charge on any atom is -0.397 e. The zero-order valence-corrected chi connectivity index (χ0v) is 10.2. The van der Waals surface area contributed by atoms with Crippen molar-refractivity contribution in [1.29, 1.82) is 0 Å². The average molecular weight is 296 g/mol. The molecule has 0 aliphatic heterocycles. The van der Waals surface area contributed by atoms with Gasteiger partial charge in [-0.2, -0.15) is 8.78 Å². The van der Waals surface area contributed by atoms with Gasteiger partial charge in [-0.3, -0.25) is 0 Å². The van der Waals surface area contributed by atoms with E-state index in [4.69, 9.17) is 5.73 Å². The number of nitrogens with zero attached hydrogens (tertiary/aromatic N) is 1. The Morgan fingerprint density at radius 1 is 1.62 bits per heavy atom. The van der Waals surface area contributed by atoms with Crippen LogP contribution in [0.2, 0.25) is 0 Å². The Morgan fingerprint density at radius 3 is 2.88 bits per heavy atom. The second-order valence-corrected chi connectivity index (χ2v) is 4.00. The molecule has 90 valence electrons. The highest BCUT2D eigenvalue weighted by Gasteiger charge is 2.10. The van der Waals surface area contributed by atoms with E-state index in [9.17, 15) is 8.78 Å². The highest BCUT2D eigenvalue weighted by atomic mass is 79.9. The molecule has 0 spiro atoms. The van der Waals surface area contributed by atoms with Gasteiger partial charge in [-0.25, -0.2) is 4.98 Å². The van der Waals surface area contributed by atoms with Crippen molar-refractivity contribution in [2.75, 3.05) is 17.6 Å². The lowest BCUT2D eigenvalue weighted by atomic mass is 10.3. The lowest BCUT2D eigenvalue weighted by Crippen LogP contribution is -2.22. The van der Waals surface area contributed by atoms with Crippen molar-refractivity contribution >= 4 is 27.3 Å². The van der Waals surface area contributed by atoms with Gasteiger partial charge in [0.15, 0.2) is 0 Å². The molecular formula is C9H12BrF2N3O. The van der Waals surface area contributed by atoms with Crippen molar-refractivity contribution in [3.05, 3.63) is 16.9 Å². The summed E-state index contributed by atoms with van der Waals surface area (Å²) in [6.45, 7) is -0.989. The number of hydrogen-bond acceptors (Lipinski definition) is 4. The Kier molecular flexibility index (Phi) is 4.88. The number of anilines is 2. The molecular weight excluding hydrogens is 284 g/mol. The number of nitrogens with one attached hydrogen (secondary N) is 1. The molecule has 0 fully saturated rings. The summed E-state index contributed by atoms with van der Waals surface area (Å²) in [6.07, 6.45) is 0.914. The third-order valence-electron chi connectivity index (χ3n) is 1.82. The quantitative estimate of drug-likeness (QED) is 0.819. The molecule has 0 bridgehead atoms. The molecule has 0 aliphatic rings. The molecule has 1 aromatic heterocycles. The molecule has 4 nitrogen and oxygen atoms in total. The van der Waals surface area contributed by atoms with Crippen molar-refractivity contribution in [3.8, 4) is 0 Å². The number of nitrogen functional groups attached to an aromatic ring is 1. The molecule has 3 N–H and O–H groups in total. The van der Waals surface area contributed by atoms with Gasteiger partial charge in [0, 0.05) is 6.54 Å². The SMILES string of the molecule is C[C@H](CNc1cnc(Br)cc1N)OC(F)F. The molecule has 7 heteroatoms. The third-order valence-corrected chi connectivity index (χ3v) is 2.25. The first-order valence-electron chi connectivity index (χ1n) is 4.57. The van der Waals surface area contributed by atoms with Gasteiger partial charge in [0.1, 0.15) is 4.60 Å². The van der Waals surface area contributed by atoms with Crippen LogP contribution in [0, 0.1) is 0 Å². The number of nitrogens with two attached hydrogens (primary N) is 1. The van der Waals surface area contributed by atoms with Gasteiger partial charge in [-0.15, -0.1) is 0 Å². The Balaban J connectivity index is 2.48. The summed E-state index contributed by atoms with van der Waals surface area (Å²) in [5.74, 6) is 0. The van der Waals surface area contributed by atoms with E-state index >= 15 is 0 Å². The van der Waals surface area contributed by atoms with Crippen LogP contribution in [0.1, 0.15) is 6.92 Å². The number of halogens is 3. The second-order valence-electron chi connectivity index (χ2n) is 3.18. The Labute approximate surface area is 100 Å². The van der Waals surface area contributed by atoms with Gasteiger partial charge in [-0.1, -0.05) is 0 Å². The standard InChI is InChI=1S/C9H12BrF2N3O/c1-5(16-9(11)12)3-14-7-4-15-8(10)2-6(7)13/h2,4-5,9,14H,3H2,1H3,(H2,13,15)/t5-/m1/s1. The normalized spacial score (nSPS) is 12.8. The predicted octanol–water partition coefficient (Wildman–Crippen LogP) is 2.47. The molecule has 0 aliphatic carbocycles. The molecule has 16 heavy (non-hydrogen) atoms. The van der Waals surface area contributed by atoms with Crippen LogP contribution in [0.15, 0.2) is 16.9 Å². The van der Waals surface area contributed by atoms with E-state index in [0.29, 0.717) is 16.0 Å². The fourth-order valence-corrected chi connectivity index (χ4v) is 1.42. The molecule has 0 amide bonds. The van der Waals surface area contributed by atoms with E-state index in [1.807, 2.05) is 0 Å². The fourth-order valence-electron chi connectivity index (χ4n) is 1.07. The van der Waals surface area contributed by atoms with E-state index in [1.165, 1.54) is 6.20 Å². The molecule has 1 atom stereocenters. The third kappa shape index (κ3) is 4.28. The maximum Gasteiger partial charge on any atom is 0.345 e. The molecule has 0 aromatic carbocycles. The molecule has 1 rings (SSSR count). The summed E-state index contributed by atoms with van der Waals surface area (Å²) in [4.78, 5) is 3.96. The van der Waals surface area contributed by atoms with Crippen molar-refractivity contribution in [1.82, 2.24) is 4.98 Å². The van der Waals surface area contributed by atoms with Gasteiger partial charge in [0.05, 0.1) is 23.7 Å². The van der Waals surface area contributed by atoms with Crippen LogP contribution in [-0.4, -0.2) is 24.2 Å². The second kappa shape index (κ2) is 5.95. The highest BCUT2D eigenvalue weighted by molar-refractivity contribution is 9.10.